The van der Waals surface area contributed by atoms with Gasteiger partial charge in [0, 0.05) is 5.57 Å². The smallest absolute Gasteiger partial charge is 0.339 e. The Labute approximate surface area is 207 Å². The lowest BCUT2D eigenvalue weighted by molar-refractivity contribution is -0.137. The van der Waals surface area contributed by atoms with E-state index in [-0.39, 0.29) is 5.76 Å². The Kier molecular flexibility index (Phi) is 19.3. The molecule has 1 rings (SSSR count). The third kappa shape index (κ3) is 16.3. The van der Waals surface area contributed by atoms with Crippen LogP contribution in [0.1, 0.15) is 97.0 Å². The van der Waals surface area contributed by atoms with E-state index >= 15 is 0 Å². The molecule has 0 amide bonds. The monoisotopic (exact) mass is 476 g/mol. The van der Waals surface area contributed by atoms with E-state index in [2.05, 4.69) is 43.3 Å². The standard InChI is InChI=1S/C21H36O4S.C7H8/c1-5-6-7-8-9-10-11-12-13-14-15-19(16-26)21(23)25-18(3)17(2)20(22)24-4;1-7-5-3-2-4-6-7/h16,26H,5-15H2,1-4H3;2-6H,1H3. The van der Waals surface area contributed by atoms with Crippen molar-refractivity contribution in [2.45, 2.75) is 98.3 Å². The van der Waals surface area contributed by atoms with E-state index in [0.717, 1.165) is 12.8 Å². The first kappa shape index (κ1) is 31.0. The molecule has 4 nitrogen and oxygen atoms in total. The van der Waals surface area contributed by atoms with Crippen molar-refractivity contribution in [3.63, 3.8) is 0 Å². The van der Waals surface area contributed by atoms with Crippen molar-refractivity contribution in [3.05, 3.63) is 58.2 Å². The van der Waals surface area contributed by atoms with Crippen LogP contribution in [0.15, 0.2) is 52.6 Å². The molecule has 186 valence electrons. The molecule has 0 atom stereocenters. The molecule has 0 N–H and O–H groups in total. The lowest BCUT2D eigenvalue weighted by atomic mass is 10.0. The molecule has 1 aromatic rings. The number of benzene rings is 1. The number of hydrogen-bond acceptors (Lipinski definition) is 5. The van der Waals surface area contributed by atoms with Crippen molar-refractivity contribution in [2.24, 2.45) is 0 Å². The third-order valence-corrected chi connectivity index (χ3v) is 5.74. The van der Waals surface area contributed by atoms with Crippen LogP contribution >= 0.6 is 12.6 Å². The lowest BCUT2D eigenvalue weighted by Crippen LogP contribution is -2.11. The zero-order valence-electron chi connectivity index (χ0n) is 21.3. The SMILES string of the molecule is CCCCCCCCCCCCC(=CS)C(=O)OC(C)=C(C)C(=O)OC.Cc1ccccc1. The summed E-state index contributed by atoms with van der Waals surface area (Å²) in [4.78, 5) is 23.6. The van der Waals surface area contributed by atoms with Gasteiger partial charge in [0.2, 0.25) is 0 Å². The number of aryl methyl sites for hydroxylation is 1. The van der Waals surface area contributed by atoms with Crippen LogP contribution in [0.5, 0.6) is 0 Å². The van der Waals surface area contributed by atoms with Crippen molar-refractivity contribution < 1.29 is 19.1 Å². The molecule has 0 fully saturated rings. The topological polar surface area (TPSA) is 52.6 Å². The van der Waals surface area contributed by atoms with Gasteiger partial charge in [-0.3, -0.25) is 0 Å². The van der Waals surface area contributed by atoms with Crippen LogP contribution in [-0.4, -0.2) is 19.0 Å². The average Bonchev–Trinajstić information content (AvgIpc) is 2.82. The first-order valence-electron chi connectivity index (χ1n) is 12.2. The fourth-order valence-corrected chi connectivity index (χ4v) is 3.37. The molecular formula is C28H44O4S. The van der Waals surface area contributed by atoms with Crippen LogP contribution in [0.2, 0.25) is 0 Å². The summed E-state index contributed by atoms with van der Waals surface area (Å²) in [5, 5.41) is 1.50. The highest BCUT2D eigenvalue weighted by molar-refractivity contribution is 7.83. The minimum atomic E-state index is -0.499. The van der Waals surface area contributed by atoms with Crippen LogP contribution in [0.25, 0.3) is 0 Å². The molecule has 0 saturated heterocycles. The third-order valence-electron chi connectivity index (χ3n) is 5.42. The molecule has 0 bridgehead atoms. The zero-order valence-corrected chi connectivity index (χ0v) is 22.2. The number of carbonyl (C=O) groups excluding carboxylic acids is 2. The van der Waals surface area contributed by atoms with Crippen molar-refractivity contribution in [1.29, 1.82) is 0 Å². The van der Waals surface area contributed by atoms with Crippen molar-refractivity contribution in [3.8, 4) is 0 Å². The molecule has 0 unspecified atom stereocenters. The summed E-state index contributed by atoms with van der Waals surface area (Å²) in [5.74, 6) is -0.685. The normalized spacial score (nSPS) is 11.8. The second-order valence-electron chi connectivity index (χ2n) is 8.30. The Morgan fingerprint density at radius 2 is 1.36 bits per heavy atom. The van der Waals surface area contributed by atoms with Gasteiger partial charge in [-0.15, -0.1) is 0 Å². The Bertz CT molecular complexity index is 723. The number of methoxy groups -OCH3 is 1. The van der Waals surface area contributed by atoms with Gasteiger partial charge >= 0.3 is 11.9 Å². The number of ether oxygens (including phenoxy) is 2. The minimum Gasteiger partial charge on any atom is -0.466 e. The van der Waals surface area contributed by atoms with Crippen LogP contribution in [-0.2, 0) is 19.1 Å². The first-order chi connectivity index (χ1) is 15.9. The number of hydrogen-bond donors (Lipinski definition) is 1. The molecule has 0 heterocycles. The van der Waals surface area contributed by atoms with E-state index in [1.54, 1.807) is 13.8 Å². The number of carbonyl (C=O) groups is 2. The number of rotatable bonds is 14. The Balaban J connectivity index is 0.00000123. The second kappa shape index (κ2) is 20.6. The van der Waals surface area contributed by atoms with Gasteiger partial charge < -0.3 is 9.47 Å². The van der Waals surface area contributed by atoms with Gasteiger partial charge in [-0.2, -0.15) is 12.6 Å². The van der Waals surface area contributed by atoms with E-state index in [4.69, 9.17) is 4.74 Å². The molecule has 0 aromatic heterocycles. The maximum absolute atomic E-state index is 12.2. The average molecular weight is 477 g/mol. The number of unbranched alkanes of at least 4 members (excludes halogenated alkanes) is 9. The predicted octanol–water partition coefficient (Wildman–Crippen LogP) is 8.12. The molecule has 0 spiro atoms. The molecule has 0 aliphatic rings. The Morgan fingerprint density at radius 1 is 0.848 bits per heavy atom. The quantitative estimate of drug-likeness (QED) is 0.0968. The molecule has 33 heavy (non-hydrogen) atoms. The van der Waals surface area contributed by atoms with Crippen LogP contribution in [0.4, 0.5) is 0 Å². The minimum absolute atomic E-state index is 0.262. The molecule has 1 aromatic carbocycles. The van der Waals surface area contributed by atoms with E-state index in [1.165, 1.54) is 69.4 Å². The number of thiol groups is 1. The summed E-state index contributed by atoms with van der Waals surface area (Å²) < 4.78 is 9.88. The highest BCUT2D eigenvalue weighted by Crippen LogP contribution is 2.17. The predicted molar refractivity (Wildman–Crippen MR) is 141 cm³/mol. The van der Waals surface area contributed by atoms with E-state index in [1.807, 2.05) is 18.2 Å². The lowest BCUT2D eigenvalue weighted by Gasteiger charge is -2.10. The van der Waals surface area contributed by atoms with Crippen LogP contribution in [0.3, 0.4) is 0 Å². The first-order valence-corrected chi connectivity index (χ1v) is 12.7. The summed E-state index contributed by atoms with van der Waals surface area (Å²) in [6, 6.07) is 10.3. The maximum atomic E-state index is 12.2. The van der Waals surface area contributed by atoms with Gasteiger partial charge in [0.15, 0.2) is 0 Å². The van der Waals surface area contributed by atoms with Gasteiger partial charge in [-0.25, -0.2) is 9.59 Å². The molecule has 5 heteroatoms. The van der Waals surface area contributed by atoms with Crippen molar-refractivity contribution in [2.75, 3.05) is 7.11 Å². The van der Waals surface area contributed by atoms with Crippen LogP contribution in [0, 0.1) is 6.92 Å². The zero-order chi connectivity index (χ0) is 24.9. The van der Waals surface area contributed by atoms with Crippen LogP contribution < -0.4 is 0 Å². The fourth-order valence-electron chi connectivity index (χ4n) is 3.13. The van der Waals surface area contributed by atoms with E-state index in [9.17, 15) is 9.59 Å². The van der Waals surface area contributed by atoms with E-state index in [0.29, 0.717) is 17.6 Å². The Morgan fingerprint density at radius 3 is 1.79 bits per heavy atom. The largest absolute Gasteiger partial charge is 0.466 e. The fraction of sp³-hybridized carbons (Fsp3) is 0.571. The number of allylic oxidation sites excluding steroid dienone is 1. The summed E-state index contributed by atoms with van der Waals surface area (Å²) in [6.07, 6.45) is 13.1. The molecule has 0 aliphatic heterocycles. The van der Waals surface area contributed by atoms with Gasteiger partial charge in [0.25, 0.3) is 0 Å². The highest BCUT2D eigenvalue weighted by atomic mass is 32.1. The van der Waals surface area contributed by atoms with Gasteiger partial charge in [0.1, 0.15) is 5.76 Å². The maximum Gasteiger partial charge on any atom is 0.339 e. The summed E-state index contributed by atoms with van der Waals surface area (Å²) in [5.41, 5.74) is 2.14. The van der Waals surface area contributed by atoms with Gasteiger partial charge in [-0.1, -0.05) is 101 Å². The highest BCUT2D eigenvalue weighted by Gasteiger charge is 2.15. The molecule has 0 saturated carbocycles. The number of esters is 2. The summed E-state index contributed by atoms with van der Waals surface area (Å²) in [7, 11) is 1.30. The van der Waals surface area contributed by atoms with Crippen molar-refractivity contribution >= 4 is 24.6 Å². The van der Waals surface area contributed by atoms with Gasteiger partial charge in [0.05, 0.1) is 12.7 Å². The second-order valence-corrected chi connectivity index (χ2v) is 8.56. The molecule has 0 radical (unpaired) electrons. The van der Waals surface area contributed by atoms with Crippen molar-refractivity contribution in [1.82, 2.24) is 0 Å². The molecular weight excluding hydrogens is 432 g/mol. The summed E-state index contributed by atoms with van der Waals surface area (Å²) >= 11 is 4.12. The summed E-state index contributed by atoms with van der Waals surface area (Å²) in [6.45, 7) is 7.48. The van der Waals surface area contributed by atoms with Gasteiger partial charge in [-0.05, 0) is 39.0 Å². The van der Waals surface area contributed by atoms with E-state index < -0.39 is 11.9 Å². The molecule has 0 aliphatic carbocycles. The Hall–Kier alpha value is -2.01.